The molecule has 0 spiro atoms. The second-order valence-electron chi connectivity index (χ2n) is 4.82. The Kier molecular flexibility index (Phi) is 6.33. The molecule has 3 nitrogen and oxygen atoms in total. The maximum absolute atomic E-state index is 6.07. The zero-order valence-electron chi connectivity index (χ0n) is 10.2. The van der Waals surface area contributed by atoms with E-state index in [1.165, 1.54) is 0 Å². The molecular formula is C11H25NO2. The zero-order valence-corrected chi connectivity index (χ0v) is 10.2. The molecule has 0 aliphatic heterocycles. The second-order valence-corrected chi connectivity index (χ2v) is 4.82. The summed E-state index contributed by atoms with van der Waals surface area (Å²) >= 11 is 0. The highest BCUT2D eigenvalue weighted by atomic mass is 16.5. The maximum atomic E-state index is 6.07. The van der Waals surface area contributed by atoms with Gasteiger partial charge in [0.15, 0.2) is 0 Å². The first kappa shape index (κ1) is 13.9. The summed E-state index contributed by atoms with van der Waals surface area (Å²) in [4.78, 5) is 0. The first-order chi connectivity index (χ1) is 6.43. The Bertz CT molecular complexity index is 143. The normalized spacial score (nSPS) is 16.7. The summed E-state index contributed by atoms with van der Waals surface area (Å²) in [5.74, 6) is 0. The number of hydrogen-bond donors (Lipinski definition) is 1. The summed E-state index contributed by atoms with van der Waals surface area (Å²) in [7, 11) is 3.44. The van der Waals surface area contributed by atoms with Crippen LogP contribution >= 0.6 is 0 Å². The molecule has 0 heterocycles. The Morgan fingerprint density at radius 2 is 1.79 bits per heavy atom. The number of nitrogens with two attached hydrogens (primary N) is 1. The topological polar surface area (TPSA) is 44.5 Å². The van der Waals surface area contributed by atoms with Gasteiger partial charge >= 0.3 is 0 Å². The lowest BCUT2D eigenvalue weighted by molar-refractivity contribution is -0.00516. The molecule has 0 fully saturated rings. The summed E-state index contributed by atoms with van der Waals surface area (Å²) in [6.07, 6.45) is 2.05. The van der Waals surface area contributed by atoms with Crippen molar-refractivity contribution in [1.29, 1.82) is 0 Å². The second kappa shape index (κ2) is 6.38. The molecule has 2 N–H and O–H groups in total. The summed E-state index contributed by atoms with van der Waals surface area (Å²) in [5.41, 5.74) is 6.17. The predicted octanol–water partition coefficient (Wildman–Crippen LogP) is 1.80. The molecule has 2 atom stereocenters. The van der Waals surface area contributed by atoms with Crippen LogP contribution in [0.5, 0.6) is 0 Å². The molecule has 0 aromatic rings. The van der Waals surface area contributed by atoms with Crippen LogP contribution in [-0.4, -0.2) is 33.0 Å². The number of rotatable bonds is 6. The first-order valence-electron chi connectivity index (χ1n) is 5.20. The van der Waals surface area contributed by atoms with Crippen LogP contribution in [0.4, 0.5) is 0 Å². The van der Waals surface area contributed by atoms with Crippen molar-refractivity contribution in [2.75, 3.05) is 20.8 Å². The fourth-order valence-electron chi connectivity index (χ4n) is 1.79. The average molecular weight is 203 g/mol. The SMILES string of the molecule is COCCCC(N)C(OC)C(C)(C)C. The fourth-order valence-corrected chi connectivity index (χ4v) is 1.79. The highest BCUT2D eigenvalue weighted by molar-refractivity contribution is 4.83. The lowest BCUT2D eigenvalue weighted by Gasteiger charge is -2.34. The van der Waals surface area contributed by atoms with Crippen LogP contribution in [0.3, 0.4) is 0 Å². The minimum atomic E-state index is 0.0927. The Hall–Kier alpha value is -0.120. The van der Waals surface area contributed by atoms with Crippen molar-refractivity contribution in [1.82, 2.24) is 0 Å². The first-order valence-corrected chi connectivity index (χ1v) is 5.20. The Morgan fingerprint density at radius 3 is 2.14 bits per heavy atom. The van der Waals surface area contributed by atoms with Gasteiger partial charge in [0.25, 0.3) is 0 Å². The smallest absolute Gasteiger partial charge is 0.0770 e. The van der Waals surface area contributed by atoms with Gasteiger partial charge in [-0.05, 0) is 18.3 Å². The van der Waals surface area contributed by atoms with Crippen molar-refractivity contribution in [3.63, 3.8) is 0 Å². The van der Waals surface area contributed by atoms with Gasteiger partial charge in [0.05, 0.1) is 6.10 Å². The fraction of sp³-hybridized carbons (Fsp3) is 1.00. The molecule has 0 amide bonds. The molecule has 0 bridgehead atoms. The van der Waals surface area contributed by atoms with E-state index in [2.05, 4.69) is 20.8 Å². The summed E-state index contributed by atoms with van der Waals surface area (Å²) in [6.45, 7) is 7.22. The third kappa shape index (κ3) is 4.94. The third-order valence-electron chi connectivity index (χ3n) is 2.38. The monoisotopic (exact) mass is 203 g/mol. The van der Waals surface area contributed by atoms with Crippen molar-refractivity contribution in [2.45, 2.75) is 45.8 Å². The van der Waals surface area contributed by atoms with Crippen molar-refractivity contribution in [3.8, 4) is 0 Å². The van der Waals surface area contributed by atoms with Gasteiger partial charge in [0, 0.05) is 26.9 Å². The van der Waals surface area contributed by atoms with E-state index >= 15 is 0 Å². The molecule has 0 aromatic carbocycles. The van der Waals surface area contributed by atoms with E-state index in [9.17, 15) is 0 Å². The average Bonchev–Trinajstić information content (AvgIpc) is 2.03. The molecule has 3 heteroatoms. The lowest BCUT2D eigenvalue weighted by Crippen LogP contribution is -2.44. The molecule has 0 radical (unpaired) electrons. The molecule has 0 saturated heterocycles. The van der Waals surface area contributed by atoms with E-state index in [0.717, 1.165) is 19.4 Å². The van der Waals surface area contributed by atoms with Crippen LogP contribution in [0, 0.1) is 5.41 Å². The maximum Gasteiger partial charge on any atom is 0.0770 e. The van der Waals surface area contributed by atoms with Gasteiger partial charge in [-0.3, -0.25) is 0 Å². The van der Waals surface area contributed by atoms with Gasteiger partial charge in [-0.25, -0.2) is 0 Å². The van der Waals surface area contributed by atoms with Gasteiger partial charge < -0.3 is 15.2 Å². The van der Waals surface area contributed by atoms with Crippen molar-refractivity contribution < 1.29 is 9.47 Å². The van der Waals surface area contributed by atoms with E-state index in [4.69, 9.17) is 15.2 Å². The molecule has 0 rings (SSSR count). The van der Waals surface area contributed by atoms with E-state index in [-0.39, 0.29) is 17.6 Å². The standard InChI is InChI=1S/C11H25NO2/c1-11(2,3)10(14-5)9(12)7-6-8-13-4/h9-10H,6-8,12H2,1-5H3. The van der Waals surface area contributed by atoms with Crippen molar-refractivity contribution >= 4 is 0 Å². The molecule has 0 aliphatic rings. The lowest BCUT2D eigenvalue weighted by atomic mass is 9.83. The number of hydrogen-bond acceptors (Lipinski definition) is 3. The molecule has 0 aromatic heterocycles. The van der Waals surface area contributed by atoms with E-state index < -0.39 is 0 Å². The van der Waals surface area contributed by atoms with Gasteiger partial charge in [-0.15, -0.1) is 0 Å². The van der Waals surface area contributed by atoms with Crippen molar-refractivity contribution in [2.24, 2.45) is 11.1 Å². The minimum absolute atomic E-state index is 0.0927. The molecule has 0 saturated carbocycles. The van der Waals surface area contributed by atoms with Crippen LogP contribution in [0.2, 0.25) is 0 Å². The van der Waals surface area contributed by atoms with Crippen molar-refractivity contribution in [3.05, 3.63) is 0 Å². The van der Waals surface area contributed by atoms with E-state index in [1.54, 1.807) is 14.2 Å². The highest BCUT2D eigenvalue weighted by Crippen LogP contribution is 2.25. The predicted molar refractivity (Wildman–Crippen MR) is 59.3 cm³/mol. The Labute approximate surface area is 88.0 Å². The molecule has 2 unspecified atom stereocenters. The third-order valence-corrected chi connectivity index (χ3v) is 2.38. The van der Waals surface area contributed by atoms with Crippen LogP contribution in [-0.2, 0) is 9.47 Å². The molecular weight excluding hydrogens is 178 g/mol. The van der Waals surface area contributed by atoms with E-state index in [0.29, 0.717) is 0 Å². The summed E-state index contributed by atoms with van der Waals surface area (Å²) in [5, 5.41) is 0. The summed E-state index contributed by atoms with van der Waals surface area (Å²) in [6, 6.07) is 0.0927. The zero-order chi connectivity index (χ0) is 11.2. The van der Waals surface area contributed by atoms with Crippen LogP contribution in [0.1, 0.15) is 33.6 Å². The minimum Gasteiger partial charge on any atom is -0.385 e. The number of methoxy groups -OCH3 is 2. The van der Waals surface area contributed by atoms with Gasteiger partial charge in [0.2, 0.25) is 0 Å². The Morgan fingerprint density at radius 1 is 1.21 bits per heavy atom. The van der Waals surface area contributed by atoms with Gasteiger partial charge in [-0.1, -0.05) is 20.8 Å². The summed E-state index contributed by atoms with van der Waals surface area (Å²) < 4.78 is 10.4. The van der Waals surface area contributed by atoms with Crippen LogP contribution in [0.25, 0.3) is 0 Å². The quantitative estimate of drug-likeness (QED) is 0.669. The molecule has 86 valence electrons. The number of ether oxygens (including phenoxy) is 2. The van der Waals surface area contributed by atoms with Crippen LogP contribution < -0.4 is 5.73 Å². The van der Waals surface area contributed by atoms with E-state index in [1.807, 2.05) is 0 Å². The highest BCUT2D eigenvalue weighted by Gasteiger charge is 2.29. The molecule has 14 heavy (non-hydrogen) atoms. The largest absolute Gasteiger partial charge is 0.385 e. The Balaban J connectivity index is 3.98. The van der Waals surface area contributed by atoms with Gasteiger partial charge in [0.1, 0.15) is 0 Å². The van der Waals surface area contributed by atoms with Crippen LogP contribution in [0.15, 0.2) is 0 Å². The molecule has 0 aliphatic carbocycles. The van der Waals surface area contributed by atoms with Gasteiger partial charge in [-0.2, -0.15) is 0 Å².